The third-order valence-corrected chi connectivity index (χ3v) is 2.80. The molecule has 1 aliphatic rings. The van der Waals surface area contributed by atoms with E-state index in [2.05, 4.69) is 4.84 Å². The molecule has 0 aromatic heterocycles. The average molecular weight is 195 g/mol. The topological polar surface area (TPSA) is 75.7 Å². The molecular weight excluding hydrogens is 182 g/mol. The molecule has 0 bridgehead atoms. The number of hydrogen-bond acceptors (Lipinski definition) is 4. The molecule has 0 spiro atoms. The third-order valence-electron chi connectivity index (χ3n) is 2.80. The van der Waals surface area contributed by atoms with E-state index >= 15 is 0 Å². The van der Waals surface area contributed by atoms with Gasteiger partial charge >= 0.3 is 0 Å². The highest BCUT2D eigenvalue weighted by molar-refractivity contribution is 5.45. The Kier molecular flexibility index (Phi) is 2.09. The smallest absolute Gasteiger partial charge is 0.157 e. The van der Waals surface area contributed by atoms with Crippen molar-refractivity contribution in [1.82, 2.24) is 0 Å². The molecule has 0 saturated heterocycles. The molecule has 2 rings (SSSR count). The summed E-state index contributed by atoms with van der Waals surface area (Å²) < 4.78 is 0. The van der Waals surface area contributed by atoms with E-state index in [0.29, 0.717) is 6.61 Å². The zero-order chi connectivity index (χ0) is 10.2. The lowest BCUT2D eigenvalue weighted by molar-refractivity contribution is 0.116. The maximum atomic E-state index is 9.34. The molecule has 0 unspecified atom stereocenters. The van der Waals surface area contributed by atoms with Crippen LogP contribution in [-0.4, -0.2) is 16.8 Å². The standard InChI is InChI=1S/C10H13NO3/c11-14-6-10(3-4-10)7-1-2-8(12)9(13)5-7/h1-2,5,12-13H,3-4,6,11H2. The van der Waals surface area contributed by atoms with Gasteiger partial charge in [-0.3, -0.25) is 0 Å². The van der Waals surface area contributed by atoms with E-state index in [0.717, 1.165) is 18.4 Å². The Morgan fingerprint density at radius 3 is 2.50 bits per heavy atom. The van der Waals surface area contributed by atoms with Gasteiger partial charge in [0.15, 0.2) is 11.5 Å². The number of nitrogens with two attached hydrogens (primary N) is 1. The van der Waals surface area contributed by atoms with Gasteiger partial charge < -0.3 is 15.1 Å². The summed E-state index contributed by atoms with van der Waals surface area (Å²) in [6.07, 6.45) is 2.02. The summed E-state index contributed by atoms with van der Waals surface area (Å²) in [5.41, 5.74) is 0.929. The van der Waals surface area contributed by atoms with E-state index in [4.69, 9.17) is 11.0 Å². The first kappa shape index (κ1) is 9.30. The maximum Gasteiger partial charge on any atom is 0.157 e. The highest BCUT2D eigenvalue weighted by Crippen LogP contribution is 2.49. The average Bonchev–Trinajstić information content (AvgIpc) is 2.91. The quantitative estimate of drug-likeness (QED) is 0.497. The summed E-state index contributed by atoms with van der Waals surface area (Å²) in [7, 11) is 0. The van der Waals surface area contributed by atoms with Crippen LogP contribution in [0, 0.1) is 0 Å². The SMILES string of the molecule is NOCC1(c2ccc(O)c(O)c2)CC1. The first-order chi connectivity index (χ1) is 6.68. The van der Waals surface area contributed by atoms with Crippen molar-refractivity contribution < 1.29 is 15.1 Å². The van der Waals surface area contributed by atoms with Crippen LogP contribution in [0.25, 0.3) is 0 Å². The first-order valence-corrected chi connectivity index (χ1v) is 4.52. The van der Waals surface area contributed by atoms with Crippen LogP contribution < -0.4 is 5.90 Å². The molecule has 1 aromatic carbocycles. The summed E-state index contributed by atoms with van der Waals surface area (Å²) in [6, 6.07) is 4.85. The second-order valence-corrected chi connectivity index (χ2v) is 3.79. The molecule has 0 aliphatic heterocycles. The molecule has 1 fully saturated rings. The van der Waals surface area contributed by atoms with E-state index in [9.17, 15) is 5.11 Å². The van der Waals surface area contributed by atoms with Crippen molar-refractivity contribution in [1.29, 1.82) is 0 Å². The molecule has 14 heavy (non-hydrogen) atoms. The first-order valence-electron chi connectivity index (χ1n) is 4.52. The van der Waals surface area contributed by atoms with Gasteiger partial charge in [0, 0.05) is 5.41 Å². The van der Waals surface area contributed by atoms with Crippen LogP contribution in [0.1, 0.15) is 18.4 Å². The molecule has 76 valence electrons. The largest absolute Gasteiger partial charge is 0.504 e. The molecule has 0 radical (unpaired) electrons. The van der Waals surface area contributed by atoms with Crippen molar-refractivity contribution in [3.63, 3.8) is 0 Å². The normalized spacial score (nSPS) is 18.1. The molecule has 0 atom stereocenters. The van der Waals surface area contributed by atoms with Gasteiger partial charge in [0.1, 0.15) is 0 Å². The van der Waals surface area contributed by atoms with Gasteiger partial charge in [-0.15, -0.1) is 0 Å². The second-order valence-electron chi connectivity index (χ2n) is 3.79. The Labute approximate surface area is 81.9 Å². The Hall–Kier alpha value is -1.26. The van der Waals surface area contributed by atoms with Crippen LogP contribution in [0.5, 0.6) is 11.5 Å². The lowest BCUT2D eigenvalue weighted by Gasteiger charge is -2.14. The summed E-state index contributed by atoms with van der Waals surface area (Å²) in [5.74, 6) is 4.86. The minimum absolute atomic E-state index is 0.0417. The minimum Gasteiger partial charge on any atom is -0.504 e. The third kappa shape index (κ3) is 1.42. The molecule has 4 N–H and O–H groups in total. The summed E-state index contributed by atoms with van der Waals surface area (Å²) in [4.78, 5) is 4.65. The van der Waals surface area contributed by atoms with Gasteiger partial charge in [-0.25, -0.2) is 5.90 Å². The minimum atomic E-state index is -0.0989. The Balaban J connectivity index is 2.28. The van der Waals surface area contributed by atoms with E-state index in [1.54, 1.807) is 12.1 Å². The van der Waals surface area contributed by atoms with Crippen molar-refractivity contribution in [2.75, 3.05) is 6.61 Å². The highest BCUT2D eigenvalue weighted by Gasteiger charge is 2.44. The van der Waals surface area contributed by atoms with Gasteiger partial charge in [0.05, 0.1) is 6.61 Å². The predicted octanol–water partition coefficient (Wildman–Crippen LogP) is 1.02. The molecule has 4 nitrogen and oxygen atoms in total. The molecular formula is C10H13NO3. The van der Waals surface area contributed by atoms with Crippen molar-refractivity contribution in [2.45, 2.75) is 18.3 Å². The predicted molar refractivity (Wildman–Crippen MR) is 50.8 cm³/mol. The van der Waals surface area contributed by atoms with E-state index < -0.39 is 0 Å². The lowest BCUT2D eigenvalue weighted by atomic mass is 9.97. The van der Waals surface area contributed by atoms with Crippen molar-refractivity contribution >= 4 is 0 Å². The van der Waals surface area contributed by atoms with Crippen LogP contribution in [0.4, 0.5) is 0 Å². The van der Waals surface area contributed by atoms with E-state index in [1.165, 1.54) is 6.07 Å². The highest BCUT2D eigenvalue weighted by atomic mass is 16.6. The maximum absolute atomic E-state index is 9.34. The van der Waals surface area contributed by atoms with Gasteiger partial charge in [-0.2, -0.15) is 0 Å². The molecule has 1 aliphatic carbocycles. The summed E-state index contributed by atoms with van der Waals surface area (Å²) in [6.45, 7) is 0.456. The molecule has 1 aromatic rings. The molecule has 0 amide bonds. The van der Waals surface area contributed by atoms with Crippen LogP contribution >= 0.6 is 0 Å². The van der Waals surface area contributed by atoms with Crippen LogP contribution in [0.2, 0.25) is 0 Å². The Morgan fingerprint density at radius 2 is 2.00 bits per heavy atom. The van der Waals surface area contributed by atoms with Crippen molar-refractivity contribution in [3.05, 3.63) is 23.8 Å². The lowest BCUT2D eigenvalue weighted by Crippen LogP contribution is -2.17. The molecule has 4 heteroatoms. The fourth-order valence-electron chi connectivity index (χ4n) is 1.68. The van der Waals surface area contributed by atoms with Crippen molar-refractivity contribution in [3.8, 4) is 11.5 Å². The summed E-state index contributed by atoms with van der Waals surface area (Å²) in [5, 5.41) is 18.5. The van der Waals surface area contributed by atoms with Gasteiger partial charge in [-0.1, -0.05) is 6.07 Å². The van der Waals surface area contributed by atoms with E-state index in [-0.39, 0.29) is 16.9 Å². The number of phenolic OH excluding ortho intramolecular Hbond substituents is 2. The Morgan fingerprint density at radius 1 is 1.29 bits per heavy atom. The number of benzene rings is 1. The van der Waals surface area contributed by atoms with Crippen LogP contribution in [0.15, 0.2) is 18.2 Å². The zero-order valence-corrected chi connectivity index (χ0v) is 7.73. The fraction of sp³-hybridized carbons (Fsp3) is 0.400. The zero-order valence-electron chi connectivity index (χ0n) is 7.73. The molecule has 0 heterocycles. The number of hydrogen-bond donors (Lipinski definition) is 3. The van der Waals surface area contributed by atoms with Crippen LogP contribution in [-0.2, 0) is 10.3 Å². The fourth-order valence-corrected chi connectivity index (χ4v) is 1.68. The van der Waals surface area contributed by atoms with E-state index in [1.807, 2.05) is 0 Å². The second kappa shape index (κ2) is 3.15. The van der Waals surface area contributed by atoms with Crippen LogP contribution in [0.3, 0.4) is 0 Å². The monoisotopic (exact) mass is 195 g/mol. The van der Waals surface area contributed by atoms with Gasteiger partial charge in [0.2, 0.25) is 0 Å². The van der Waals surface area contributed by atoms with Gasteiger partial charge in [0.25, 0.3) is 0 Å². The summed E-state index contributed by atoms with van der Waals surface area (Å²) >= 11 is 0. The Bertz CT molecular complexity index is 347. The number of phenols is 2. The number of aromatic hydroxyl groups is 2. The van der Waals surface area contributed by atoms with Gasteiger partial charge in [-0.05, 0) is 30.5 Å². The number of rotatable bonds is 3. The van der Waals surface area contributed by atoms with Crippen molar-refractivity contribution in [2.24, 2.45) is 5.90 Å². The molecule has 1 saturated carbocycles.